The Morgan fingerprint density at radius 2 is 1.79 bits per heavy atom. The van der Waals surface area contributed by atoms with Crippen LogP contribution in [0.2, 0.25) is 0 Å². The lowest BCUT2D eigenvalue weighted by molar-refractivity contribution is -0.128. The number of phenolic OH excluding ortho intramolecular Hbond substituents is 1. The van der Waals surface area contributed by atoms with Crippen LogP contribution >= 0.6 is 0 Å². The highest BCUT2D eigenvalue weighted by atomic mass is 16.5. The second-order valence-electron chi connectivity index (χ2n) is 4.92. The molecule has 3 nitrogen and oxygen atoms in total. The number of aromatic hydroxyl groups is 1. The fraction of sp³-hybridized carbons (Fsp3) is 0.562. The van der Waals surface area contributed by atoms with Gasteiger partial charge in [-0.05, 0) is 37.3 Å². The Morgan fingerprint density at radius 1 is 1.11 bits per heavy atom. The maximum atomic E-state index is 9.92. The molecule has 1 aromatic rings. The lowest BCUT2D eigenvalue weighted by Gasteiger charge is -2.06. The predicted molar refractivity (Wildman–Crippen MR) is 76.3 cm³/mol. The minimum absolute atomic E-state index is 0.452. The molecule has 0 aliphatic heterocycles. The van der Waals surface area contributed by atoms with E-state index in [4.69, 9.17) is 0 Å². The number of carbonyl (C=O) groups excluding carboxylic acids is 1. The number of hydrogen-bond acceptors (Lipinski definition) is 3. The van der Waals surface area contributed by atoms with Crippen molar-refractivity contribution in [3.63, 3.8) is 0 Å². The van der Waals surface area contributed by atoms with E-state index in [9.17, 15) is 9.90 Å². The molecule has 106 valence electrons. The molecule has 0 bridgehead atoms. The average Bonchev–Trinajstić information content (AvgIpc) is 2.41. The smallest absolute Gasteiger partial charge is 0.293 e. The quantitative estimate of drug-likeness (QED) is 0.517. The summed E-state index contributed by atoms with van der Waals surface area (Å²) in [6, 6.07) is 5.93. The molecular formula is C16H24O3. The van der Waals surface area contributed by atoms with E-state index in [2.05, 4.69) is 4.74 Å². The summed E-state index contributed by atoms with van der Waals surface area (Å²) in [5.41, 5.74) is 2.01. The van der Waals surface area contributed by atoms with Crippen LogP contribution in [0.4, 0.5) is 0 Å². The van der Waals surface area contributed by atoms with Crippen LogP contribution in [0.3, 0.4) is 0 Å². The van der Waals surface area contributed by atoms with Gasteiger partial charge < -0.3 is 9.84 Å². The normalized spacial score (nSPS) is 10.4. The van der Waals surface area contributed by atoms with Crippen LogP contribution in [0, 0.1) is 6.92 Å². The Labute approximate surface area is 115 Å². The van der Waals surface area contributed by atoms with Crippen molar-refractivity contribution in [3.8, 4) is 5.75 Å². The first-order chi connectivity index (χ1) is 9.25. The van der Waals surface area contributed by atoms with Gasteiger partial charge in [-0.15, -0.1) is 0 Å². The highest BCUT2D eigenvalue weighted by molar-refractivity contribution is 5.39. The van der Waals surface area contributed by atoms with E-state index < -0.39 is 0 Å². The Balaban J connectivity index is 2.05. The molecule has 0 radical (unpaired) electrons. The minimum Gasteiger partial charge on any atom is -0.507 e. The predicted octanol–water partition coefficient (Wildman–Crippen LogP) is 3.76. The Hall–Kier alpha value is -1.51. The zero-order valence-electron chi connectivity index (χ0n) is 11.7. The number of aryl methyl sites for hydroxylation is 2. The van der Waals surface area contributed by atoms with E-state index in [1.807, 2.05) is 25.1 Å². The number of para-hydroxylation sites is 1. The van der Waals surface area contributed by atoms with Crippen LogP contribution in [0.5, 0.6) is 5.75 Å². The van der Waals surface area contributed by atoms with Crippen LogP contribution < -0.4 is 0 Å². The SMILES string of the molecule is Cc1cccc(CCCCCCCCOC=O)c1O. The monoisotopic (exact) mass is 264 g/mol. The Kier molecular flexibility index (Phi) is 7.71. The van der Waals surface area contributed by atoms with Crippen molar-refractivity contribution in [3.05, 3.63) is 29.3 Å². The molecule has 1 aromatic carbocycles. The van der Waals surface area contributed by atoms with Gasteiger partial charge in [0.1, 0.15) is 5.75 Å². The minimum atomic E-state index is 0.452. The summed E-state index contributed by atoms with van der Waals surface area (Å²) in [5.74, 6) is 0.452. The highest BCUT2D eigenvalue weighted by Gasteiger charge is 2.02. The van der Waals surface area contributed by atoms with Gasteiger partial charge in [-0.25, -0.2) is 0 Å². The topological polar surface area (TPSA) is 46.5 Å². The van der Waals surface area contributed by atoms with Gasteiger partial charge in [-0.1, -0.05) is 43.9 Å². The largest absolute Gasteiger partial charge is 0.507 e. The summed E-state index contributed by atoms with van der Waals surface area (Å²) in [7, 11) is 0. The van der Waals surface area contributed by atoms with Crippen molar-refractivity contribution in [2.45, 2.75) is 51.9 Å². The summed E-state index contributed by atoms with van der Waals surface area (Å²) >= 11 is 0. The first-order valence-corrected chi connectivity index (χ1v) is 7.08. The number of hydrogen-bond donors (Lipinski definition) is 1. The molecule has 0 saturated carbocycles. The molecule has 3 heteroatoms. The maximum Gasteiger partial charge on any atom is 0.293 e. The summed E-state index contributed by atoms with van der Waals surface area (Å²) in [4.78, 5) is 9.92. The summed E-state index contributed by atoms with van der Waals surface area (Å²) in [5, 5.41) is 9.88. The van der Waals surface area contributed by atoms with Gasteiger partial charge in [0.15, 0.2) is 0 Å². The van der Waals surface area contributed by atoms with Gasteiger partial charge in [-0.3, -0.25) is 4.79 Å². The molecular weight excluding hydrogens is 240 g/mol. The van der Waals surface area contributed by atoms with Crippen LogP contribution in [0.15, 0.2) is 18.2 Å². The Morgan fingerprint density at radius 3 is 2.53 bits per heavy atom. The molecule has 0 saturated heterocycles. The third-order valence-corrected chi connectivity index (χ3v) is 3.35. The van der Waals surface area contributed by atoms with Gasteiger partial charge in [0.05, 0.1) is 6.61 Å². The first kappa shape index (κ1) is 15.5. The number of rotatable bonds is 10. The Bertz CT molecular complexity index is 374. The van der Waals surface area contributed by atoms with Gasteiger partial charge >= 0.3 is 0 Å². The van der Waals surface area contributed by atoms with Crippen molar-refractivity contribution in [1.29, 1.82) is 0 Å². The molecule has 1 N–H and O–H groups in total. The number of unbranched alkanes of at least 4 members (excludes halogenated alkanes) is 5. The zero-order chi connectivity index (χ0) is 13.9. The van der Waals surface area contributed by atoms with E-state index in [0.29, 0.717) is 18.8 Å². The van der Waals surface area contributed by atoms with E-state index >= 15 is 0 Å². The second-order valence-corrected chi connectivity index (χ2v) is 4.92. The number of benzene rings is 1. The van der Waals surface area contributed by atoms with E-state index in [1.54, 1.807) is 0 Å². The molecule has 0 aliphatic rings. The first-order valence-electron chi connectivity index (χ1n) is 7.08. The molecule has 0 amide bonds. The van der Waals surface area contributed by atoms with Gasteiger partial charge in [0.25, 0.3) is 6.47 Å². The van der Waals surface area contributed by atoms with Crippen molar-refractivity contribution in [1.82, 2.24) is 0 Å². The fourth-order valence-electron chi connectivity index (χ4n) is 2.18. The molecule has 0 heterocycles. The van der Waals surface area contributed by atoms with Crippen LogP contribution in [0.25, 0.3) is 0 Å². The van der Waals surface area contributed by atoms with Gasteiger partial charge in [0.2, 0.25) is 0 Å². The molecule has 0 aromatic heterocycles. The van der Waals surface area contributed by atoms with Crippen molar-refractivity contribution in [2.24, 2.45) is 0 Å². The summed E-state index contributed by atoms with van der Waals surface area (Å²) < 4.78 is 4.64. The lowest BCUT2D eigenvalue weighted by atomic mass is 10.0. The maximum absolute atomic E-state index is 9.92. The molecule has 0 spiro atoms. The van der Waals surface area contributed by atoms with Crippen LogP contribution in [-0.4, -0.2) is 18.2 Å². The molecule has 19 heavy (non-hydrogen) atoms. The van der Waals surface area contributed by atoms with Crippen LogP contribution in [0.1, 0.15) is 49.7 Å². The molecule has 0 fully saturated rings. The highest BCUT2D eigenvalue weighted by Crippen LogP contribution is 2.23. The number of ether oxygens (including phenoxy) is 1. The average molecular weight is 264 g/mol. The van der Waals surface area contributed by atoms with Crippen LogP contribution in [-0.2, 0) is 16.0 Å². The summed E-state index contributed by atoms with van der Waals surface area (Å²) in [6.45, 7) is 2.98. The second kappa shape index (κ2) is 9.42. The van der Waals surface area contributed by atoms with Gasteiger partial charge in [0, 0.05) is 0 Å². The van der Waals surface area contributed by atoms with Crippen molar-refractivity contribution < 1.29 is 14.6 Å². The number of phenols is 1. The third kappa shape index (κ3) is 6.27. The zero-order valence-corrected chi connectivity index (χ0v) is 11.7. The third-order valence-electron chi connectivity index (χ3n) is 3.35. The fourth-order valence-corrected chi connectivity index (χ4v) is 2.18. The van der Waals surface area contributed by atoms with E-state index in [1.165, 1.54) is 19.3 Å². The molecule has 0 atom stereocenters. The lowest BCUT2D eigenvalue weighted by Crippen LogP contribution is -1.92. The molecule has 1 rings (SSSR count). The van der Waals surface area contributed by atoms with E-state index in [-0.39, 0.29) is 0 Å². The number of carbonyl (C=O) groups is 1. The molecule has 0 unspecified atom stereocenters. The van der Waals surface area contributed by atoms with E-state index in [0.717, 1.165) is 36.8 Å². The molecule has 0 aliphatic carbocycles. The van der Waals surface area contributed by atoms with Gasteiger partial charge in [-0.2, -0.15) is 0 Å². The van der Waals surface area contributed by atoms with Crippen molar-refractivity contribution in [2.75, 3.05) is 6.61 Å². The van der Waals surface area contributed by atoms with Crippen molar-refractivity contribution >= 4 is 6.47 Å². The summed E-state index contributed by atoms with van der Waals surface area (Å²) in [6.07, 6.45) is 7.70. The standard InChI is InChI=1S/C16H24O3/c1-14-9-8-11-15(16(14)18)10-6-4-2-3-5-7-12-19-13-17/h8-9,11,13,18H,2-7,10,12H2,1H3.